The van der Waals surface area contributed by atoms with Gasteiger partial charge in [0.1, 0.15) is 0 Å². The predicted molar refractivity (Wildman–Crippen MR) is 580 cm³/mol. The molecule has 0 saturated carbocycles. The van der Waals surface area contributed by atoms with E-state index >= 15 is 0 Å². The molecule has 0 saturated heterocycles. The fourth-order valence-corrected chi connectivity index (χ4v) is 43.8. The fraction of sp³-hybridized carbons (Fsp3) is 0.00870. The van der Waals surface area contributed by atoms with Gasteiger partial charge in [0.2, 0.25) is 0 Å². The number of fused-ring (bicyclic) bond motifs is 10. The predicted octanol–water partition coefficient (Wildman–Crippen LogP) is 22.3. The fourth-order valence-electron chi connectivity index (χ4n) is 19.5. The summed E-state index contributed by atoms with van der Waals surface area (Å²) in [7, 11) is -6.79. The van der Waals surface area contributed by atoms with Crippen LogP contribution in [0.25, 0.3) is 0 Å². The van der Waals surface area contributed by atoms with Gasteiger partial charge in [0.05, 0.1) is 34.1 Å². The second-order valence-corrected chi connectivity index (χ2v) is 49.7. The van der Waals surface area contributed by atoms with Crippen molar-refractivity contribution in [1.82, 2.24) is 0 Å². The largest absolute Gasteiger partial charge is 0.453 e. The van der Waals surface area contributed by atoms with E-state index in [1.165, 1.54) is 89.2 Å². The molecule has 0 bridgehead atoms. The molecule has 0 aliphatic carbocycles. The van der Waals surface area contributed by atoms with E-state index in [4.69, 9.17) is 26.0 Å². The Labute approximate surface area is 802 Å². The van der Waals surface area contributed by atoms with E-state index in [0.29, 0.717) is 0 Å². The summed E-state index contributed by atoms with van der Waals surface area (Å²) in [4.78, 5) is 6.88. The molecule has 19 aromatic rings. The van der Waals surface area contributed by atoms with E-state index < -0.39 is 38.0 Å². The normalized spacial score (nSPS) is 13.6. The molecule has 5 heterocycles. The van der Waals surface area contributed by atoms with Gasteiger partial charge in [0.15, 0.2) is 50.6 Å². The number of nitrogens with zero attached hydrogens (tertiary/aromatic N) is 3. The number of halogens is 2. The van der Waals surface area contributed by atoms with Crippen LogP contribution in [0.1, 0.15) is 7.43 Å². The zero-order valence-corrected chi connectivity index (χ0v) is 80.0. The van der Waals surface area contributed by atoms with Crippen molar-refractivity contribution in [1.29, 1.82) is 0 Å². The van der Waals surface area contributed by atoms with Crippen LogP contribution in [-0.4, -0.2) is 24.6 Å². The van der Waals surface area contributed by atoms with Crippen molar-refractivity contribution < 1.29 is 14.2 Å². The Balaban J connectivity index is 0.000000127. The van der Waals surface area contributed by atoms with Gasteiger partial charge in [-0.25, -0.2) is 0 Å². The maximum atomic E-state index is 7.06. The van der Waals surface area contributed by atoms with Crippen LogP contribution in [0.2, 0.25) is 0 Å². The highest BCUT2D eigenvalue weighted by Crippen LogP contribution is 2.55. The Bertz CT molecular complexity index is 7090. The number of hydrogen-bond acceptors (Lipinski definition) is 7. The molecule has 0 amide bonds. The van der Waals surface area contributed by atoms with Crippen LogP contribution in [0.5, 0.6) is 34.5 Å². The smallest absolute Gasteiger partial charge is 0.181 e. The molecular formula is C115H86BBr2N3O3P3S2Si2. The summed E-state index contributed by atoms with van der Waals surface area (Å²) in [5.41, 5.74) is 9.53. The summed E-state index contributed by atoms with van der Waals surface area (Å²) in [6.07, 6.45) is 0. The topological polar surface area (TPSA) is 37.4 Å². The van der Waals surface area contributed by atoms with E-state index in [2.05, 4.69) is 459 Å². The summed E-state index contributed by atoms with van der Waals surface area (Å²) in [6, 6.07) is 173. The minimum absolute atomic E-state index is 0. The van der Waals surface area contributed by atoms with Crippen molar-refractivity contribution in [3.8, 4) is 34.5 Å². The molecule has 5 aliphatic rings. The first kappa shape index (κ1) is 87.6. The number of para-hydroxylation sites is 12. The third-order valence-corrected chi connectivity index (χ3v) is 47.6. The average molecular weight is 1940 g/mol. The first-order valence-electron chi connectivity index (χ1n) is 42.8. The summed E-state index contributed by atoms with van der Waals surface area (Å²) >= 11 is 14.7. The van der Waals surface area contributed by atoms with Gasteiger partial charge in [-0.1, -0.05) is 415 Å². The van der Waals surface area contributed by atoms with E-state index in [0.717, 1.165) is 94.6 Å². The molecule has 16 heteroatoms. The van der Waals surface area contributed by atoms with Gasteiger partial charge in [-0.3, -0.25) is 0 Å². The van der Waals surface area contributed by atoms with Crippen LogP contribution < -0.4 is 118 Å². The van der Waals surface area contributed by atoms with Gasteiger partial charge >= 0.3 is 0 Å². The number of rotatable bonds is 12. The number of ether oxygens (including phenoxy) is 3. The van der Waals surface area contributed by atoms with Crippen molar-refractivity contribution in [3.63, 3.8) is 0 Å². The Hall–Kier alpha value is -12.7. The summed E-state index contributed by atoms with van der Waals surface area (Å²) in [5.74, 6) is 5.15. The summed E-state index contributed by atoms with van der Waals surface area (Å²) in [5, 5.41) is 23.4. The SMILES string of the molecule is Brc1ccccc1P(c1ccc(N2c3ccccc3Oc3ccccc32)cc1)c1ccccc1Br.C.S.S=P1(c2ccc(N3c4ccccc4Oc4ccccc43)cc2)c2ccccc2[Si](c2ccccc2)(c2ccccc2)c2ccccc21.[B].c1ccc([Si]2(c3ccccc3)c3ccccc3P(c3ccc(N4c5ccccc5Oc5ccccc54)cc3)c3ccccc32)cc1. The van der Waals surface area contributed by atoms with E-state index in [1.807, 2.05) is 72.8 Å². The van der Waals surface area contributed by atoms with Crippen LogP contribution >= 0.6 is 67.2 Å². The molecule has 0 unspecified atom stereocenters. The second kappa shape index (κ2) is 37.6. The third-order valence-electron chi connectivity index (χ3n) is 24.9. The van der Waals surface area contributed by atoms with Gasteiger partial charge in [-0.05, 0) is 226 Å². The minimum atomic E-state index is -2.68. The van der Waals surface area contributed by atoms with E-state index in [-0.39, 0.29) is 29.3 Å². The van der Waals surface area contributed by atoms with Crippen molar-refractivity contribution in [2.24, 2.45) is 0 Å². The number of anilines is 9. The van der Waals surface area contributed by atoms with Crippen molar-refractivity contribution >= 4 is 244 Å². The lowest BCUT2D eigenvalue weighted by molar-refractivity contribution is 0.477. The van der Waals surface area contributed by atoms with Gasteiger partial charge in [0, 0.05) is 40.5 Å². The first-order chi connectivity index (χ1) is 63.2. The van der Waals surface area contributed by atoms with Crippen LogP contribution in [0, 0.1) is 0 Å². The third kappa shape index (κ3) is 15.3. The summed E-state index contributed by atoms with van der Waals surface area (Å²) in [6.45, 7) is 0. The van der Waals surface area contributed by atoms with Crippen LogP contribution in [0.4, 0.5) is 51.2 Å². The number of hydrogen-bond donors (Lipinski definition) is 0. The van der Waals surface area contributed by atoms with E-state index in [9.17, 15) is 0 Å². The summed E-state index contributed by atoms with van der Waals surface area (Å²) < 4.78 is 21.0. The molecule has 5 aliphatic heterocycles. The Kier molecular flexibility index (Phi) is 25.2. The number of benzene rings is 19. The van der Waals surface area contributed by atoms with Gasteiger partial charge in [0.25, 0.3) is 0 Å². The van der Waals surface area contributed by atoms with Gasteiger partial charge in [-0.15, -0.1) is 0 Å². The molecule has 19 aromatic carbocycles. The molecular weight excluding hydrogens is 1860 g/mol. The molecule has 0 spiro atoms. The highest BCUT2D eigenvalue weighted by atomic mass is 79.9. The zero-order valence-electron chi connectivity index (χ0n) is 70.3. The highest BCUT2D eigenvalue weighted by molar-refractivity contribution is 9.11. The molecule has 0 fully saturated rings. The van der Waals surface area contributed by atoms with Crippen molar-refractivity contribution in [3.05, 3.63) is 494 Å². The Morgan fingerprint density at radius 1 is 0.267 bits per heavy atom. The first-order valence-corrected chi connectivity index (χ1v) is 53.9. The minimum Gasteiger partial charge on any atom is -0.453 e. The van der Waals surface area contributed by atoms with Crippen LogP contribution in [-0.2, 0) is 11.8 Å². The standard InChI is InChI=1S/C42H30NOPSSi.C42H30NOPSi.C30H20Br2NOP.CH4.B.H2S/c46-45(32-29-27-31(28-30-32)43-35-19-7-9-21-37(35)44-38-22-10-8-20-36(38)43)39-23-11-13-25-41(39)47(33-15-3-1-4-16-33,34-17-5-2-6-18-34)42-26-14-12-24-40(42)45;1-3-15-33(16-4-1)46(34-17-5-2-6-18-34)41-25-13-11-23-39(41)45(40-24-12-14-26-42(40)46)32-29-27-31(28-30-32)43-35-19-7-9-21-37(35)44-38-22-10-8-20-36(38)43;31-23-9-1-7-15-29(23)35(30-16-8-2-10-24(30)32)22-19-17-21(18-20-22)33-25-11-3-5-13-27(25)34-28-14-6-4-12-26(28)33;;;/h1-30H;1-30H;1-20H;1H4;;1H2. The maximum Gasteiger partial charge on any atom is 0.181 e. The molecule has 0 N–H and O–H groups in total. The van der Waals surface area contributed by atoms with Crippen molar-refractivity contribution in [2.75, 3.05) is 14.7 Å². The highest BCUT2D eigenvalue weighted by Gasteiger charge is 2.52. The van der Waals surface area contributed by atoms with Gasteiger partial charge < -0.3 is 28.9 Å². The van der Waals surface area contributed by atoms with Crippen LogP contribution in [0.3, 0.4) is 0 Å². The zero-order chi connectivity index (χ0) is 85.7. The lowest BCUT2D eigenvalue weighted by Gasteiger charge is -2.45. The van der Waals surface area contributed by atoms with Crippen LogP contribution in [0.15, 0.2) is 494 Å². The van der Waals surface area contributed by atoms with Gasteiger partial charge in [-0.2, -0.15) is 13.5 Å². The molecule has 0 aromatic heterocycles. The molecule has 24 rings (SSSR count). The Morgan fingerprint density at radius 3 is 0.847 bits per heavy atom. The molecule has 6 nitrogen and oxygen atoms in total. The molecule has 131 heavy (non-hydrogen) atoms. The molecule has 3 radical (unpaired) electrons. The van der Waals surface area contributed by atoms with E-state index in [1.54, 1.807) is 0 Å². The maximum absolute atomic E-state index is 7.06. The quantitative estimate of drug-likeness (QED) is 0.0891. The lowest BCUT2D eigenvalue weighted by atomic mass is 10.1. The second-order valence-electron chi connectivity index (χ2n) is 31.9. The molecule has 0 atom stereocenters. The monoisotopic (exact) mass is 1940 g/mol. The Morgan fingerprint density at radius 2 is 0.519 bits per heavy atom. The average Bonchev–Trinajstić information content (AvgIpc) is 0.685. The molecule has 631 valence electrons. The lowest BCUT2D eigenvalue weighted by Crippen LogP contribution is -2.81. The van der Waals surface area contributed by atoms with Crippen molar-refractivity contribution in [2.45, 2.75) is 7.43 Å².